The van der Waals surface area contributed by atoms with E-state index < -0.39 is 11.8 Å². The van der Waals surface area contributed by atoms with Crippen LogP contribution in [-0.2, 0) is 9.59 Å². The molecule has 43 heavy (non-hydrogen) atoms. The number of hydrogen-bond acceptors (Lipinski definition) is 6. The van der Waals surface area contributed by atoms with Gasteiger partial charge in [0, 0.05) is 26.9 Å². The number of ether oxygens (including phenoxy) is 2. The maximum atomic E-state index is 13.4. The van der Waals surface area contributed by atoms with Gasteiger partial charge in [-0.2, -0.15) is 0 Å². The first kappa shape index (κ1) is 31.2. The minimum atomic E-state index is -0.520. The number of benzene rings is 4. The van der Waals surface area contributed by atoms with E-state index in [0.29, 0.717) is 39.0 Å². The van der Waals surface area contributed by atoms with Gasteiger partial charge in [0.25, 0.3) is 11.8 Å². The van der Waals surface area contributed by atoms with Gasteiger partial charge in [0.1, 0.15) is 5.70 Å². The van der Waals surface area contributed by atoms with Crippen LogP contribution < -0.4 is 25.4 Å². The van der Waals surface area contributed by atoms with Crippen LogP contribution in [0.1, 0.15) is 22.8 Å². The standard InChI is InChI=1S/C33H30ClN3O5S/c1-21(31(38)36-26-11-7-10-24(34)20-26)43-27-15-13-25(14-16-27)35-33(40)28(37-32(39)23-8-5-4-6-9-23)18-22-12-17-29(41-2)30(19-22)42-3/h4-21H,1-3H3,(H,35,40)(H,36,38)(H,37,39)/b28-18-. The molecule has 0 aliphatic heterocycles. The summed E-state index contributed by atoms with van der Waals surface area (Å²) in [4.78, 5) is 39.8. The van der Waals surface area contributed by atoms with Gasteiger partial charge in [-0.25, -0.2) is 0 Å². The maximum absolute atomic E-state index is 13.4. The first-order chi connectivity index (χ1) is 20.7. The number of carbonyl (C=O) groups is 3. The highest BCUT2D eigenvalue weighted by atomic mass is 35.5. The van der Waals surface area contributed by atoms with Gasteiger partial charge >= 0.3 is 0 Å². The fourth-order valence-corrected chi connectivity index (χ4v) is 4.99. The van der Waals surface area contributed by atoms with Crippen LogP contribution in [0.15, 0.2) is 108 Å². The molecule has 0 saturated heterocycles. The van der Waals surface area contributed by atoms with Crippen LogP contribution in [0.25, 0.3) is 6.08 Å². The third kappa shape index (κ3) is 8.88. The SMILES string of the molecule is COc1ccc(/C=C(\NC(=O)c2ccccc2)C(=O)Nc2ccc(SC(C)C(=O)Nc3cccc(Cl)c3)cc2)cc1OC. The van der Waals surface area contributed by atoms with Crippen molar-refractivity contribution in [2.45, 2.75) is 17.1 Å². The maximum Gasteiger partial charge on any atom is 0.272 e. The number of thioether (sulfide) groups is 1. The second kappa shape index (κ2) is 14.9. The van der Waals surface area contributed by atoms with E-state index in [-0.39, 0.29) is 16.9 Å². The molecule has 8 nitrogen and oxygen atoms in total. The Bertz CT molecular complexity index is 1630. The Morgan fingerprint density at radius 3 is 2.19 bits per heavy atom. The molecule has 0 saturated carbocycles. The van der Waals surface area contributed by atoms with E-state index in [2.05, 4.69) is 16.0 Å². The summed E-state index contributed by atoms with van der Waals surface area (Å²) < 4.78 is 10.7. The molecular weight excluding hydrogens is 586 g/mol. The molecular formula is C33H30ClN3O5S. The van der Waals surface area contributed by atoms with Crippen molar-refractivity contribution in [2.75, 3.05) is 24.9 Å². The number of hydrogen-bond donors (Lipinski definition) is 3. The number of carbonyl (C=O) groups excluding carboxylic acids is 3. The third-order valence-corrected chi connectivity index (χ3v) is 7.48. The molecule has 3 N–H and O–H groups in total. The summed E-state index contributed by atoms with van der Waals surface area (Å²) >= 11 is 7.38. The van der Waals surface area contributed by atoms with Crippen LogP contribution in [0.4, 0.5) is 11.4 Å². The Morgan fingerprint density at radius 2 is 1.51 bits per heavy atom. The lowest BCUT2D eigenvalue weighted by atomic mass is 10.1. The summed E-state index contributed by atoms with van der Waals surface area (Å²) in [5.41, 5.74) is 2.19. The second-order valence-corrected chi connectivity index (χ2v) is 11.1. The topological polar surface area (TPSA) is 106 Å². The summed E-state index contributed by atoms with van der Waals surface area (Å²) in [6.45, 7) is 1.81. The molecule has 220 valence electrons. The first-order valence-electron chi connectivity index (χ1n) is 13.2. The minimum Gasteiger partial charge on any atom is -0.493 e. The highest BCUT2D eigenvalue weighted by molar-refractivity contribution is 8.00. The van der Waals surface area contributed by atoms with Gasteiger partial charge < -0.3 is 25.4 Å². The molecule has 3 amide bonds. The largest absolute Gasteiger partial charge is 0.493 e. The molecule has 1 unspecified atom stereocenters. The van der Waals surface area contributed by atoms with Gasteiger partial charge in [-0.05, 0) is 85.3 Å². The van der Waals surface area contributed by atoms with E-state index in [4.69, 9.17) is 21.1 Å². The summed E-state index contributed by atoms with van der Waals surface area (Å²) in [7, 11) is 3.05. The number of amides is 3. The molecule has 1 atom stereocenters. The normalized spacial score (nSPS) is 11.7. The van der Waals surface area contributed by atoms with Crippen molar-refractivity contribution in [1.82, 2.24) is 5.32 Å². The van der Waals surface area contributed by atoms with Crippen molar-refractivity contribution in [3.05, 3.63) is 119 Å². The van der Waals surface area contributed by atoms with Gasteiger partial charge in [0.2, 0.25) is 5.91 Å². The predicted octanol–water partition coefficient (Wildman–Crippen LogP) is 6.89. The molecule has 10 heteroatoms. The van der Waals surface area contributed by atoms with E-state index in [1.165, 1.54) is 26.0 Å². The fraction of sp³-hybridized carbons (Fsp3) is 0.121. The lowest BCUT2D eigenvalue weighted by Crippen LogP contribution is -2.30. The van der Waals surface area contributed by atoms with Crippen molar-refractivity contribution in [3.63, 3.8) is 0 Å². The Balaban J connectivity index is 1.47. The molecule has 0 aliphatic rings. The van der Waals surface area contributed by atoms with Gasteiger partial charge in [-0.15, -0.1) is 11.8 Å². The van der Waals surface area contributed by atoms with Crippen molar-refractivity contribution in [3.8, 4) is 11.5 Å². The summed E-state index contributed by atoms with van der Waals surface area (Å²) in [5.74, 6) is -0.0982. The van der Waals surface area contributed by atoms with Crippen molar-refractivity contribution in [1.29, 1.82) is 0 Å². The molecule has 0 bridgehead atoms. The van der Waals surface area contributed by atoms with Crippen LogP contribution in [0.2, 0.25) is 5.02 Å². The Labute approximate surface area is 259 Å². The Morgan fingerprint density at radius 1 is 0.791 bits per heavy atom. The lowest BCUT2D eigenvalue weighted by molar-refractivity contribution is -0.115. The Kier molecular flexibility index (Phi) is 10.9. The van der Waals surface area contributed by atoms with Crippen LogP contribution in [0.3, 0.4) is 0 Å². The molecule has 4 rings (SSSR count). The van der Waals surface area contributed by atoms with Crippen LogP contribution in [0.5, 0.6) is 11.5 Å². The highest BCUT2D eigenvalue weighted by Gasteiger charge is 2.17. The number of nitrogens with one attached hydrogen (secondary N) is 3. The molecule has 4 aromatic carbocycles. The third-order valence-electron chi connectivity index (χ3n) is 6.13. The summed E-state index contributed by atoms with van der Waals surface area (Å²) in [6, 6.07) is 27.8. The predicted molar refractivity (Wildman–Crippen MR) is 172 cm³/mol. The minimum absolute atomic E-state index is 0.0332. The van der Waals surface area contributed by atoms with Gasteiger partial charge in [-0.1, -0.05) is 41.9 Å². The van der Waals surface area contributed by atoms with Gasteiger partial charge in [0.05, 0.1) is 19.5 Å². The molecule has 0 aliphatic carbocycles. The average Bonchev–Trinajstić information content (AvgIpc) is 3.01. The zero-order valence-electron chi connectivity index (χ0n) is 23.7. The van der Waals surface area contributed by atoms with Crippen LogP contribution in [0, 0.1) is 0 Å². The number of rotatable bonds is 11. The van der Waals surface area contributed by atoms with Crippen molar-refractivity contribution >= 4 is 58.5 Å². The van der Waals surface area contributed by atoms with Crippen molar-refractivity contribution in [2.24, 2.45) is 0 Å². The Hall–Kier alpha value is -4.73. The van der Waals surface area contributed by atoms with E-state index in [0.717, 1.165) is 4.90 Å². The first-order valence-corrected chi connectivity index (χ1v) is 14.5. The zero-order valence-corrected chi connectivity index (χ0v) is 25.3. The van der Waals surface area contributed by atoms with Crippen LogP contribution >= 0.6 is 23.4 Å². The molecule has 0 fully saturated rings. The number of methoxy groups -OCH3 is 2. The number of halogens is 1. The van der Waals surface area contributed by atoms with Crippen LogP contribution in [-0.4, -0.2) is 37.2 Å². The fourth-order valence-electron chi connectivity index (χ4n) is 3.93. The molecule has 0 heterocycles. The monoisotopic (exact) mass is 615 g/mol. The number of anilines is 2. The van der Waals surface area contributed by atoms with E-state index in [9.17, 15) is 14.4 Å². The summed E-state index contributed by atoms with van der Waals surface area (Å²) in [6.07, 6.45) is 1.56. The molecule has 0 aromatic heterocycles. The van der Waals surface area contributed by atoms with Gasteiger partial charge in [-0.3, -0.25) is 14.4 Å². The lowest BCUT2D eigenvalue weighted by Gasteiger charge is -2.14. The van der Waals surface area contributed by atoms with E-state index in [1.807, 2.05) is 12.1 Å². The second-order valence-electron chi connectivity index (χ2n) is 9.23. The smallest absolute Gasteiger partial charge is 0.272 e. The van der Waals surface area contributed by atoms with E-state index >= 15 is 0 Å². The van der Waals surface area contributed by atoms with E-state index in [1.54, 1.807) is 97.9 Å². The summed E-state index contributed by atoms with van der Waals surface area (Å²) in [5, 5.41) is 8.57. The quantitative estimate of drug-likeness (QED) is 0.125. The van der Waals surface area contributed by atoms with Gasteiger partial charge in [0.15, 0.2) is 11.5 Å². The molecule has 4 aromatic rings. The molecule has 0 radical (unpaired) electrons. The molecule has 0 spiro atoms. The van der Waals surface area contributed by atoms with Crippen molar-refractivity contribution < 1.29 is 23.9 Å². The zero-order chi connectivity index (χ0) is 30.8. The average molecular weight is 616 g/mol. The highest BCUT2D eigenvalue weighted by Crippen LogP contribution is 2.29.